The quantitative estimate of drug-likeness (QED) is 0.720. The molecule has 0 spiro atoms. The van der Waals surface area contributed by atoms with Crippen LogP contribution in [0.1, 0.15) is 11.1 Å². The number of fused-ring (bicyclic) bond motifs is 1. The molecule has 0 bridgehead atoms. The maximum Gasteiger partial charge on any atom is 0.0825 e. The van der Waals surface area contributed by atoms with Gasteiger partial charge in [-0.05, 0) is 25.0 Å². The molecule has 0 atom stereocenters. The van der Waals surface area contributed by atoms with Gasteiger partial charge in [-0.1, -0.05) is 23.7 Å². The zero-order valence-corrected chi connectivity index (χ0v) is 8.89. The normalized spacial score (nSPS) is 10.8. The highest BCUT2D eigenvalue weighted by Gasteiger charge is 2.06. The zero-order valence-electron chi connectivity index (χ0n) is 8.13. The van der Waals surface area contributed by atoms with E-state index in [4.69, 9.17) is 17.3 Å². The number of aryl methyl sites for hydroxylation is 2. The summed E-state index contributed by atoms with van der Waals surface area (Å²) in [5.41, 5.74) is 9.79. The van der Waals surface area contributed by atoms with Crippen LogP contribution in [0.15, 0.2) is 18.3 Å². The van der Waals surface area contributed by atoms with Gasteiger partial charge in [-0.15, -0.1) is 0 Å². The molecule has 3 heteroatoms. The predicted octanol–water partition coefficient (Wildman–Crippen LogP) is 3.09. The lowest BCUT2D eigenvalue weighted by Gasteiger charge is -2.07. The van der Waals surface area contributed by atoms with Gasteiger partial charge in [-0.25, -0.2) is 0 Å². The Morgan fingerprint density at radius 1 is 1.29 bits per heavy atom. The van der Waals surface area contributed by atoms with E-state index in [1.165, 1.54) is 5.56 Å². The summed E-state index contributed by atoms with van der Waals surface area (Å²) in [5, 5.41) is 1.45. The van der Waals surface area contributed by atoms with Crippen LogP contribution < -0.4 is 5.73 Å². The van der Waals surface area contributed by atoms with E-state index in [2.05, 4.69) is 11.9 Å². The van der Waals surface area contributed by atoms with Crippen molar-refractivity contribution in [2.45, 2.75) is 13.8 Å². The molecule has 1 heterocycles. The lowest BCUT2D eigenvalue weighted by atomic mass is 10.0. The van der Waals surface area contributed by atoms with Gasteiger partial charge in [0.25, 0.3) is 0 Å². The first-order chi connectivity index (χ1) is 6.61. The van der Waals surface area contributed by atoms with Crippen LogP contribution in [0.2, 0.25) is 5.02 Å². The van der Waals surface area contributed by atoms with Gasteiger partial charge in [-0.3, -0.25) is 4.98 Å². The number of hydrogen-bond donors (Lipinski definition) is 1. The van der Waals surface area contributed by atoms with Crippen LogP contribution >= 0.6 is 11.6 Å². The van der Waals surface area contributed by atoms with Gasteiger partial charge in [0.05, 0.1) is 16.2 Å². The third-order valence-electron chi connectivity index (χ3n) is 2.56. The molecule has 72 valence electrons. The second-order valence-electron chi connectivity index (χ2n) is 3.42. The van der Waals surface area contributed by atoms with Crippen LogP contribution in [-0.2, 0) is 0 Å². The second kappa shape index (κ2) is 3.14. The maximum atomic E-state index is 5.89. The number of halogens is 1. The molecule has 0 aliphatic rings. The molecule has 0 radical (unpaired) electrons. The molecular formula is C11H11ClN2. The number of nitrogens with zero attached hydrogens (tertiary/aromatic N) is 1. The number of nitrogen functional groups attached to an aromatic ring is 1. The number of pyridine rings is 1. The Morgan fingerprint density at radius 3 is 2.71 bits per heavy atom. The molecule has 1 aromatic carbocycles. The molecule has 2 nitrogen and oxygen atoms in total. The number of nitrogens with two attached hydrogens (primary N) is 1. The second-order valence-corrected chi connectivity index (χ2v) is 3.83. The number of rotatable bonds is 0. The van der Waals surface area contributed by atoms with Crippen LogP contribution in [0.4, 0.5) is 5.69 Å². The van der Waals surface area contributed by atoms with E-state index in [-0.39, 0.29) is 0 Å². The summed E-state index contributed by atoms with van der Waals surface area (Å²) in [6.45, 7) is 4.10. The monoisotopic (exact) mass is 206 g/mol. The van der Waals surface area contributed by atoms with Gasteiger partial charge in [0, 0.05) is 11.6 Å². The van der Waals surface area contributed by atoms with E-state index in [9.17, 15) is 0 Å². The van der Waals surface area contributed by atoms with Gasteiger partial charge in [-0.2, -0.15) is 0 Å². The molecule has 0 saturated heterocycles. The average Bonchev–Trinajstić information content (AvgIpc) is 2.17. The topological polar surface area (TPSA) is 38.9 Å². The Labute approximate surface area is 87.7 Å². The van der Waals surface area contributed by atoms with Crippen molar-refractivity contribution in [1.82, 2.24) is 4.98 Å². The fraction of sp³-hybridized carbons (Fsp3) is 0.182. The molecule has 0 aliphatic carbocycles. The average molecular weight is 207 g/mol. The van der Waals surface area contributed by atoms with Crippen molar-refractivity contribution in [3.05, 3.63) is 34.5 Å². The minimum Gasteiger partial charge on any atom is -0.397 e. The van der Waals surface area contributed by atoms with Gasteiger partial charge >= 0.3 is 0 Å². The first kappa shape index (κ1) is 9.28. The van der Waals surface area contributed by atoms with Crippen molar-refractivity contribution in [3.8, 4) is 0 Å². The Morgan fingerprint density at radius 2 is 2.00 bits per heavy atom. The first-order valence-corrected chi connectivity index (χ1v) is 4.79. The fourth-order valence-corrected chi connectivity index (χ4v) is 1.65. The molecule has 0 saturated carbocycles. The molecule has 2 rings (SSSR count). The van der Waals surface area contributed by atoms with E-state index >= 15 is 0 Å². The fourth-order valence-electron chi connectivity index (χ4n) is 1.50. The summed E-state index contributed by atoms with van der Waals surface area (Å²) in [7, 11) is 0. The van der Waals surface area contributed by atoms with E-state index in [0.717, 1.165) is 16.5 Å². The van der Waals surface area contributed by atoms with Crippen LogP contribution in [0, 0.1) is 13.8 Å². The van der Waals surface area contributed by atoms with Crippen molar-refractivity contribution >= 4 is 28.2 Å². The Balaban J connectivity index is 2.94. The largest absolute Gasteiger partial charge is 0.397 e. The maximum absolute atomic E-state index is 5.89. The summed E-state index contributed by atoms with van der Waals surface area (Å²) in [6, 6.07) is 4.00. The minimum absolute atomic E-state index is 0.515. The molecule has 2 aromatic rings. The highest BCUT2D eigenvalue weighted by molar-refractivity contribution is 6.34. The Bertz CT molecular complexity index is 459. The molecule has 0 fully saturated rings. The minimum atomic E-state index is 0.515. The molecule has 0 aliphatic heterocycles. The summed E-state index contributed by atoms with van der Waals surface area (Å²) < 4.78 is 0. The lowest BCUT2D eigenvalue weighted by molar-refractivity contribution is 1.31. The highest BCUT2D eigenvalue weighted by Crippen LogP contribution is 2.29. The Hall–Kier alpha value is -1.28. The summed E-state index contributed by atoms with van der Waals surface area (Å²) in [6.07, 6.45) is 1.60. The number of aromatic nitrogens is 1. The van der Waals surface area contributed by atoms with Crippen LogP contribution in [-0.4, -0.2) is 4.98 Å². The third kappa shape index (κ3) is 1.23. The van der Waals surface area contributed by atoms with Crippen LogP contribution in [0.3, 0.4) is 0 Å². The molecule has 0 amide bonds. The van der Waals surface area contributed by atoms with E-state index in [0.29, 0.717) is 10.7 Å². The SMILES string of the molecule is Cc1ccc2c(N)c(Cl)cnc2c1C. The van der Waals surface area contributed by atoms with E-state index < -0.39 is 0 Å². The van der Waals surface area contributed by atoms with Crippen molar-refractivity contribution < 1.29 is 0 Å². The van der Waals surface area contributed by atoms with Crippen molar-refractivity contribution in [1.29, 1.82) is 0 Å². The Kier molecular flexibility index (Phi) is 2.08. The summed E-state index contributed by atoms with van der Waals surface area (Å²) in [4.78, 5) is 4.29. The van der Waals surface area contributed by atoms with Crippen molar-refractivity contribution in [3.63, 3.8) is 0 Å². The third-order valence-corrected chi connectivity index (χ3v) is 2.86. The first-order valence-electron chi connectivity index (χ1n) is 4.41. The summed E-state index contributed by atoms with van der Waals surface area (Å²) in [5.74, 6) is 0. The molecular weight excluding hydrogens is 196 g/mol. The highest BCUT2D eigenvalue weighted by atomic mass is 35.5. The van der Waals surface area contributed by atoms with Gasteiger partial charge in [0.1, 0.15) is 0 Å². The van der Waals surface area contributed by atoms with Gasteiger partial charge in [0.15, 0.2) is 0 Å². The predicted molar refractivity (Wildman–Crippen MR) is 60.6 cm³/mol. The van der Waals surface area contributed by atoms with Crippen LogP contribution in [0.25, 0.3) is 10.9 Å². The van der Waals surface area contributed by atoms with Crippen LogP contribution in [0.5, 0.6) is 0 Å². The number of anilines is 1. The lowest BCUT2D eigenvalue weighted by Crippen LogP contribution is -1.93. The zero-order chi connectivity index (χ0) is 10.3. The smallest absolute Gasteiger partial charge is 0.0825 e. The molecule has 1 aromatic heterocycles. The molecule has 0 unspecified atom stereocenters. The van der Waals surface area contributed by atoms with Crippen molar-refractivity contribution in [2.75, 3.05) is 5.73 Å². The van der Waals surface area contributed by atoms with Gasteiger partial charge in [0.2, 0.25) is 0 Å². The molecule has 14 heavy (non-hydrogen) atoms. The van der Waals surface area contributed by atoms with E-state index in [1.54, 1.807) is 6.20 Å². The van der Waals surface area contributed by atoms with Gasteiger partial charge < -0.3 is 5.73 Å². The number of benzene rings is 1. The van der Waals surface area contributed by atoms with Crippen molar-refractivity contribution in [2.24, 2.45) is 0 Å². The molecule has 2 N–H and O–H groups in total. The summed E-state index contributed by atoms with van der Waals surface area (Å²) >= 11 is 5.89. The standard InChI is InChI=1S/C11H11ClN2/c1-6-3-4-8-10(13)9(12)5-14-11(8)7(6)2/h3-5H,1-2H3,(H2,13,14). The number of hydrogen-bond acceptors (Lipinski definition) is 2. The van der Waals surface area contributed by atoms with E-state index in [1.807, 2.05) is 19.1 Å².